The highest BCUT2D eigenvalue weighted by atomic mass is 16.4. The Hall–Kier alpha value is -10.6. The number of hydrogen-bond acceptors (Lipinski definition) is 5. The summed E-state index contributed by atoms with van der Waals surface area (Å²) in [6.45, 7) is 13.6. The predicted molar refractivity (Wildman–Crippen MR) is 339 cm³/mol. The molecule has 0 spiro atoms. The van der Waals surface area contributed by atoms with Gasteiger partial charge in [-0.3, -0.25) is 0 Å². The van der Waals surface area contributed by atoms with Gasteiger partial charge in [-0.25, -0.2) is 9.59 Å². The van der Waals surface area contributed by atoms with Gasteiger partial charge >= 0.3 is 11.9 Å². The van der Waals surface area contributed by atoms with Crippen LogP contribution >= 0.6 is 0 Å². The first kappa shape index (κ1) is 54.4. The molecule has 11 rings (SSSR count). The third-order valence-electron chi connectivity index (χ3n) is 16.4. The van der Waals surface area contributed by atoms with E-state index in [9.17, 15) is 30.3 Å². The molecule has 0 radical (unpaired) electrons. The zero-order valence-electron chi connectivity index (χ0n) is 47.1. The zero-order valence-corrected chi connectivity index (χ0v) is 47.1. The van der Waals surface area contributed by atoms with Gasteiger partial charge in [-0.2, -0.15) is 10.5 Å². The van der Waals surface area contributed by atoms with Gasteiger partial charge in [0.2, 0.25) is 0 Å². The van der Waals surface area contributed by atoms with Gasteiger partial charge in [0.15, 0.2) is 0 Å². The van der Waals surface area contributed by atoms with Crippen molar-refractivity contribution in [3.63, 3.8) is 0 Å². The number of fused-ring (bicyclic) bond motifs is 6. The second-order valence-corrected chi connectivity index (χ2v) is 22.4. The van der Waals surface area contributed by atoms with Crippen molar-refractivity contribution in [1.29, 1.82) is 10.5 Å². The Kier molecular flexibility index (Phi) is 14.5. The van der Waals surface area contributed by atoms with Crippen LogP contribution in [0.25, 0.3) is 70.4 Å². The Labute approximate surface area is 485 Å². The molecule has 7 nitrogen and oxygen atoms in total. The first-order valence-corrected chi connectivity index (χ1v) is 27.6. The first-order chi connectivity index (χ1) is 40.0. The Morgan fingerprint density at radius 3 is 1.20 bits per heavy atom. The molecule has 402 valence electrons. The third-order valence-corrected chi connectivity index (χ3v) is 16.4. The lowest BCUT2D eigenvalue weighted by atomic mass is 9.81. The molecule has 83 heavy (non-hydrogen) atoms. The number of aliphatic carboxylic acids is 2. The summed E-state index contributed by atoms with van der Waals surface area (Å²) in [5.41, 5.74) is 24.1. The van der Waals surface area contributed by atoms with Gasteiger partial charge in [0.25, 0.3) is 0 Å². The van der Waals surface area contributed by atoms with E-state index in [1.54, 1.807) is 12.1 Å². The van der Waals surface area contributed by atoms with Crippen molar-refractivity contribution in [1.82, 2.24) is 0 Å². The van der Waals surface area contributed by atoms with Crippen molar-refractivity contribution < 1.29 is 19.8 Å². The van der Waals surface area contributed by atoms with Crippen LogP contribution in [0.15, 0.2) is 205 Å². The summed E-state index contributed by atoms with van der Waals surface area (Å²) in [5, 5.41) is 37.1. The number of rotatable bonds is 14. The van der Waals surface area contributed by atoms with Gasteiger partial charge in [0.1, 0.15) is 23.3 Å². The smallest absolute Gasteiger partial charge is 0.346 e. The number of carbonyl (C=O) groups is 2. The minimum atomic E-state index is -1.25. The molecule has 2 aliphatic rings. The Morgan fingerprint density at radius 1 is 0.398 bits per heavy atom. The van der Waals surface area contributed by atoms with Crippen LogP contribution in [0.3, 0.4) is 0 Å². The molecule has 2 N–H and O–H groups in total. The van der Waals surface area contributed by atoms with Crippen molar-refractivity contribution in [2.45, 2.75) is 52.4 Å². The lowest BCUT2D eigenvalue weighted by Crippen LogP contribution is -2.18. The summed E-state index contributed by atoms with van der Waals surface area (Å²) >= 11 is 0. The van der Waals surface area contributed by atoms with Crippen LogP contribution in [0.4, 0.5) is 17.1 Å². The number of nitrogens with zero attached hydrogens (tertiary/aromatic N) is 3. The monoisotopic (exact) mass is 1080 g/mol. The molecule has 0 fully saturated rings. The standard InChI is InChI=1S/C76H59N3O4/c1-48-12-29-58(38-49(48)2)68(57-10-8-7-9-11-57)41-54-25-30-61(31-26-54)79(62-32-36-66-64-34-27-55(42-69(64)75(3,4)71(66)44-62)23-17-50-13-19-52(20-14-50)39-59(46-77)73(80)81)63-33-37-67-65-35-28-56(43-70(65)76(5,6)72(67)45-63)24-18-51-15-21-53(22-16-51)40-60(47-78)74(82)83/h7-45H,1-6H3,(H,80,81)(H,82,83)/b23-17+,24-18+,59-39-,60-40+,68-41+. The fourth-order valence-electron chi connectivity index (χ4n) is 11.6. The summed E-state index contributed by atoms with van der Waals surface area (Å²) in [4.78, 5) is 25.2. The Balaban J connectivity index is 0.943. The van der Waals surface area contributed by atoms with Crippen molar-refractivity contribution in [3.05, 3.63) is 289 Å². The lowest BCUT2D eigenvalue weighted by Gasteiger charge is -2.30. The predicted octanol–water partition coefficient (Wildman–Crippen LogP) is 18.3. The number of carboxylic acid groups (broad SMARTS) is 2. The van der Waals surface area contributed by atoms with Crippen molar-refractivity contribution in [3.8, 4) is 34.4 Å². The van der Waals surface area contributed by atoms with E-state index in [1.807, 2.05) is 60.7 Å². The largest absolute Gasteiger partial charge is 0.477 e. The molecule has 0 atom stereocenters. The van der Waals surface area contributed by atoms with E-state index >= 15 is 0 Å². The molecule has 0 bridgehead atoms. The highest BCUT2D eigenvalue weighted by Crippen LogP contribution is 2.53. The average Bonchev–Trinajstić information content (AvgIpc) is 3.32. The number of aryl methyl sites for hydroxylation is 2. The third kappa shape index (κ3) is 10.8. The number of benzene rings is 9. The van der Waals surface area contributed by atoms with Gasteiger partial charge in [-0.15, -0.1) is 0 Å². The van der Waals surface area contributed by atoms with E-state index in [-0.39, 0.29) is 22.0 Å². The van der Waals surface area contributed by atoms with Crippen LogP contribution in [0, 0.1) is 36.5 Å². The van der Waals surface area contributed by atoms with Crippen LogP contribution < -0.4 is 4.90 Å². The molecule has 0 aromatic heterocycles. The molecular weight excluding hydrogens is 1020 g/mol. The highest BCUT2D eigenvalue weighted by Gasteiger charge is 2.38. The minimum absolute atomic E-state index is 0.310. The molecule has 2 aliphatic carbocycles. The topological polar surface area (TPSA) is 125 Å². The normalized spacial score (nSPS) is 13.9. The average molecular weight is 1080 g/mol. The molecule has 9 aromatic carbocycles. The van der Waals surface area contributed by atoms with Gasteiger partial charge < -0.3 is 15.1 Å². The van der Waals surface area contributed by atoms with E-state index in [2.05, 4.69) is 210 Å². The maximum atomic E-state index is 11.4. The molecule has 0 saturated carbocycles. The fraction of sp³-hybridized carbons (Fsp3) is 0.105. The van der Waals surface area contributed by atoms with E-state index in [1.165, 1.54) is 73.4 Å². The molecule has 7 heteroatoms. The van der Waals surface area contributed by atoms with Crippen LogP contribution in [-0.2, 0) is 20.4 Å². The quantitative estimate of drug-likeness (QED) is 0.0631. The summed E-state index contributed by atoms with van der Waals surface area (Å²) in [6.07, 6.45) is 13.3. The Morgan fingerprint density at radius 2 is 0.771 bits per heavy atom. The van der Waals surface area contributed by atoms with Gasteiger partial charge in [0.05, 0.1) is 0 Å². The number of carboxylic acids is 2. The number of hydrogen-bond donors (Lipinski definition) is 2. The van der Waals surface area contributed by atoms with Crippen molar-refractivity contribution in [2.75, 3.05) is 4.90 Å². The number of nitriles is 2. The van der Waals surface area contributed by atoms with Crippen LogP contribution in [0.2, 0.25) is 0 Å². The SMILES string of the molecule is Cc1ccc(/C(=C/c2ccc(N(c3ccc4c(c3)C(C)(C)c3cc(/C=C/c5ccc(/C=C(/C#N)C(=O)O)cc5)ccc3-4)c3ccc4c(c3)C(C)(C)c3cc(/C=C/c5ccc(/C=C(\C#N)C(=O)O)cc5)ccc3-4)cc2)c2ccccc2)cc1C. The Bertz CT molecular complexity index is 4120. The van der Waals surface area contributed by atoms with Crippen LogP contribution in [0.1, 0.15) is 111 Å². The van der Waals surface area contributed by atoms with Gasteiger partial charge in [-0.1, -0.05) is 210 Å². The maximum absolute atomic E-state index is 11.4. The summed E-state index contributed by atoms with van der Waals surface area (Å²) in [5.74, 6) is -2.50. The minimum Gasteiger partial charge on any atom is -0.477 e. The first-order valence-electron chi connectivity index (χ1n) is 27.6. The van der Waals surface area contributed by atoms with E-state index in [0.717, 1.165) is 56.0 Å². The van der Waals surface area contributed by atoms with E-state index in [4.69, 9.17) is 0 Å². The summed E-state index contributed by atoms with van der Waals surface area (Å²) < 4.78 is 0. The van der Waals surface area contributed by atoms with Crippen molar-refractivity contribution in [2.24, 2.45) is 0 Å². The van der Waals surface area contributed by atoms with Gasteiger partial charge in [-0.05, 0) is 180 Å². The molecule has 0 heterocycles. The number of anilines is 3. The van der Waals surface area contributed by atoms with Crippen LogP contribution in [0.5, 0.6) is 0 Å². The molecule has 0 aliphatic heterocycles. The lowest BCUT2D eigenvalue weighted by molar-refractivity contribution is -0.133. The van der Waals surface area contributed by atoms with Crippen LogP contribution in [-0.4, -0.2) is 22.2 Å². The molecule has 0 unspecified atom stereocenters. The zero-order chi connectivity index (χ0) is 58.2. The second kappa shape index (κ2) is 22.1. The molecular formula is C76H59N3O4. The fourth-order valence-corrected chi connectivity index (χ4v) is 11.6. The summed E-state index contributed by atoms with van der Waals surface area (Å²) in [6, 6.07) is 71.8. The van der Waals surface area contributed by atoms with E-state index < -0.39 is 11.9 Å². The van der Waals surface area contributed by atoms with Crippen molar-refractivity contribution >= 4 is 77.1 Å². The second-order valence-electron chi connectivity index (χ2n) is 22.4. The summed E-state index contributed by atoms with van der Waals surface area (Å²) in [7, 11) is 0. The molecule has 0 saturated heterocycles. The molecule has 0 amide bonds. The van der Waals surface area contributed by atoms with E-state index in [0.29, 0.717) is 11.1 Å². The maximum Gasteiger partial charge on any atom is 0.346 e. The molecule has 9 aromatic rings. The highest BCUT2D eigenvalue weighted by molar-refractivity contribution is 5.98. The van der Waals surface area contributed by atoms with Gasteiger partial charge in [0, 0.05) is 27.9 Å².